The minimum absolute atomic E-state index is 0.0480. The number of hydrogen-bond donors (Lipinski definition) is 1. The highest BCUT2D eigenvalue weighted by molar-refractivity contribution is 8.00. The standard InChI is InChI=1S/C17H14N4OS3/c18-10-12-3-5-13(6-4-12)11-24-17-21-20-16(25-17)19-15(22)8-7-14-2-1-9-23-14/h1-6,9H,7-8,11H2,(H,19,20,22). The highest BCUT2D eigenvalue weighted by Crippen LogP contribution is 2.28. The van der Waals surface area contributed by atoms with Gasteiger partial charge in [0.05, 0.1) is 11.6 Å². The third kappa shape index (κ3) is 5.39. The van der Waals surface area contributed by atoms with Gasteiger partial charge in [0.15, 0.2) is 4.34 Å². The van der Waals surface area contributed by atoms with E-state index in [0.29, 0.717) is 17.1 Å². The number of rotatable bonds is 7. The topological polar surface area (TPSA) is 78.7 Å². The van der Waals surface area contributed by atoms with E-state index in [9.17, 15) is 4.79 Å². The summed E-state index contributed by atoms with van der Waals surface area (Å²) in [5.74, 6) is 0.695. The number of thioether (sulfide) groups is 1. The molecule has 1 N–H and O–H groups in total. The van der Waals surface area contributed by atoms with Crippen LogP contribution in [0.3, 0.4) is 0 Å². The van der Waals surface area contributed by atoms with Gasteiger partial charge in [0.25, 0.3) is 0 Å². The number of nitrogens with one attached hydrogen (secondary N) is 1. The zero-order valence-corrected chi connectivity index (χ0v) is 15.6. The van der Waals surface area contributed by atoms with Crippen LogP contribution in [-0.2, 0) is 17.0 Å². The molecule has 0 radical (unpaired) electrons. The molecule has 126 valence electrons. The van der Waals surface area contributed by atoms with E-state index in [1.54, 1.807) is 35.2 Å². The molecule has 2 heterocycles. The molecule has 0 atom stereocenters. The highest BCUT2D eigenvalue weighted by atomic mass is 32.2. The van der Waals surface area contributed by atoms with Gasteiger partial charge in [-0.05, 0) is 35.6 Å². The minimum Gasteiger partial charge on any atom is -0.300 e. The molecule has 0 aliphatic carbocycles. The monoisotopic (exact) mass is 386 g/mol. The number of benzene rings is 1. The van der Waals surface area contributed by atoms with Gasteiger partial charge >= 0.3 is 0 Å². The fraction of sp³-hybridized carbons (Fsp3) is 0.176. The number of thiophene rings is 1. The van der Waals surface area contributed by atoms with E-state index in [-0.39, 0.29) is 5.91 Å². The van der Waals surface area contributed by atoms with E-state index in [2.05, 4.69) is 21.6 Å². The maximum Gasteiger partial charge on any atom is 0.226 e. The van der Waals surface area contributed by atoms with E-state index in [0.717, 1.165) is 22.1 Å². The molecule has 3 aromatic rings. The molecule has 0 aliphatic rings. The summed E-state index contributed by atoms with van der Waals surface area (Å²) in [4.78, 5) is 13.2. The Bertz CT molecular complexity index is 866. The number of nitrogens with zero attached hydrogens (tertiary/aromatic N) is 3. The maximum absolute atomic E-state index is 12.0. The molecule has 0 spiro atoms. The third-order valence-electron chi connectivity index (χ3n) is 3.28. The van der Waals surface area contributed by atoms with E-state index >= 15 is 0 Å². The van der Waals surface area contributed by atoms with Crippen molar-refractivity contribution in [2.24, 2.45) is 0 Å². The van der Waals surface area contributed by atoms with Crippen LogP contribution in [0.1, 0.15) is 22.4 Å². The van der Waals surface area contributed by atoms with Crippen LogP contribution in [0.25, 0.3) is 0 Å². The summed E-state index contributed by atoms with van der Waals surface area (Å²) >= 11 is 4.58. The van der Waals surface area contributed by atoms with Crippen LogP contribution in [0.5, 0.6) is 0 Å². The van der Waals surface area contributed by atoms with Crippen molar-refractivity contribution < 1.29 is 4.79 Å². The zero-order valence-electron chi connectivity index (χ0n) is 13.1. The largest absolute Gasteiger partial charge is 0.300 e. The van der Waals surface area contributed by atoms with Gasteiger partial charge in [-0.15, -0.1) is 21.5 Å². The van der Waals surface area contributed by atoms with Crippen LogP contribution in [0.4, 0.5) is 5.13 Å². The molecular weight excluding hydrogens is 372 g/mol. The Balaban J connectivity index is 1.46. The molecule has 3 rings (SSSR count). The lowest BCUT2D eigenvalue weighted by atomic mass is 10.2. The number of amides is 1. The number of aromatic nitrogens is 2. The Morgan fingerprint density at radius 2 is 2.08 bits per heavy atom. The summed E-state index contributed by atoms with van der Waals surface area (Å²) in [6.07, 6.45) is 1.18. The van der Waals surface area contributed by atoms with Gasteiger partial charge in [-0.3, -0.25) is 4.79 Å². The zero-order chi connectivity index (χ0) is 17.5. The normalized spacial score (nSPS) is 10.4. The third-order valence-corrected chi connectivity index (χ3v) is 6.26. The van der Waals surface area contributed by atoms with Crippen LogP contribution >= 0.6 is 34.4 Å². The number of hydrogen-bond acceptors (Lipinski definition) is 7. The number of anilines is 1. The van der Waals surface area contributed by atoms with E-state index in [4.69, 9.17) is 5.26 Å². The van der Waals surface area contributed by atoms with Gasteiger partial charge in [0.2, 0.25) is 11.0 Å². The van der Waals surface area contributed by atoms with E-state index in [1.807, 2.05) is 29.6 Å². The Hall–Kier alpha value is -2.21. The predicted octanol–water partition coefficient (Wildman–Crippen LogP) is 4.33. The molecule has 0 saturated carbocycles. The molecule has 8 heteroatoms. The van der Waals surface area contributed by atoms with Crippen molar-refractivity contribution in [3.05, 3.63) is 57.8 Å². The second-order valence-corrected chi connectivity index (χ2v) is 8.33. The summed E-state index contributed by atoms with van der Waals surface area (Å²) < 4.78 is 0.804. The van der Waals surface area contributed by atoms with Crippen molar-refractivity contribution >= 4 is 45.5 Å². The van der Waals surface area contributed by atoms with Crippen LogP contribution in [-0.4, -0.2) is 16.1 Å². The predicted molar refractivity (Wildman–Crippen MR) is 102 cm³/mol. The smallest absolute Gasteiger partial charge is 0.226 e. The van der Waals surface area contributed by atoms with Gasteiger partial charge in [0.1, 0.15) is 0 Å². The molecule has 25 heavy (non-hydrogen) atoms. The molecule has 0 bridgehead atoms. The Labute approximate surface area is 157 Å². The van der Waals surface area contributed by atoms with Gasteiger partial charge in [-0.1, -0.05) is 41.3 Å². The first-order valence-corrected chi connectivity index (χ1v) is 10.2. The first kappa shape index (κ1) is 17.6. The molecule has 0 unspecified atom stereocenters. The van der Waals surface area contributed by atoms with Crippen LogP contribution in [0.2, 0.25) is 0 Å². The molecule has 1 amide bonds. The number of carbonyl (C=O) groups is 1. The maximum atomic E-state index is 12.0. The van der Waals surface area contributed by atoms with Gasteiger partial charge < -0.3 is 5.32 Å². The lowest BCUT2D eigenvalue weighted by Crippen LogP contribution is -2.11. The first-order valence-electron chi connectivity index (χ1n) is 7.50. The van der Waals surface area contributed by atoms with Crippen molar-refractivity contribution in [1.29, 1.82) is 5.26 Å². The number of nitriles is 1. The van der Waals surface area contributed by atoms with Crippen molar-refractivity contribution in [1.82, 2.24) is 10.2 Å². The SMILES string of the molecule is N#Cc1ccc(CSc2nnc(NC(=O)CCc3cccs3)s2)cc1. The Kier molecular flexibility index (Phi) is 6.17. The van der Waals surface area contributed by atoms with E-state index in [1.165, 1.54) is 16.2 Å². The number of carbonyl (C=O) groups excluding carboxylic acids is 1. The average Bonchev–Trinajstić information content (AvgIpc) is 3.30. The molecular formula is C17H14N4OS3. The lowest BCUT2D eigenvalue weighted by molar-refractivity contribution is -0.116. The highest BCUT2D eigenvalue weighted by Gasteiger charge is 2.09. The Morgan fingerprint density at radius 3 is 2.80 bits per heavy atom. The fourth-order valence-electron chi connectivity index (χ4n) is 2.01. The van der Waals surface area contributed by atoms with Crippen LogP contribution in [0, 0.1) is 11.3 Å². The van der Waals surface area contributed by atoms with Crippen molar-refractivity contribution in [2.45, 2.75) is 22.9 Å². The average molecular weight is 387 g/mol. The summed E-state index contributed by atoms with van der Waals surface area (Å²) in [6.45, 7) is 0. The summed E-state index contributed by atoms with van der Waals surface area (Å²) in [7, 11) is 0. The van der Waals surface area contributed by atoms with Gasteiger partial charge in [-0.2, -0.15) is 5.26 Å². The van der Waals surface area contributed by atoms with Crippen molar-refractivity contribution in [3.8, 4) is 6.07 Å². The molecule has 0 saturated heterocycles. The van der Waals surface area contributed by atoms with E-state index < -0.39 is 0 Å². The molecule has 1 aromatic carbocycles. The number of aryl methyl sites for hydroxylation is 1. The summed E-state index contributed by atoms with van der Waals surface area (Å²) in [6, 6.07) is 13.6. The molecule has 0 fully saturated rings. The molecule has 5 nitrogen and oxygen atoms in total. The fourth-order valence-corrected chi connectivity index (χ4v) is 4.45. The summed E-state index contributed by atoms with van der Waals surface area (Å²) in [5, 5.41) is 22.2. The van der Waals surface area contributed by atoms with Crippen LogP contribution < -0.4 is 5.32 Å². The summed E-state index contributed by atoms with van der Waals surface area (Å²) in [5.41, 5.74) is 1.76. The molecule has 0 aliphatic heterocycles. The second-order valence-electron chi connectivity index (χ2n) is 5.10. The molecule has 2 aromatic heterocycles. The van der Waals surface area contributed by atoms with Crippen LogP contribution in [0.15, 0.2) is 46.1 Å². The second kappa shape index (κ2) is 8.76. The van der Waals surface area contributed by atoms with Crippen molar-refractivity contribution in [3.63, 3.8) is 0 Å². The Morgan fingerprint density at radius 1 is 1.24 bits per heavy atom. The lowest BCUT2D eigenvalue weighted by Gasteiger charge is -1.99. The van der Waals surface area contributed by atoms with Gasteiger partial charge in [-0.25, -0.2) is 0 Å². The van der Waals surface area contributed by atoms with Gasteiger partial charge in [0, 0.05) is 17.1 Å². The quantitative estimate of drug-likeness (QED) is 0.483. The first-order chi connectivity index (χ1) is 12.2. The van der Waals surface area contributed by atoms with Crippen molar-refractivity contribution in [2.75, 3.05) is 5.32 Å². The minimum atomic E-state index is -0.0480.